The number of allylic oxidation sites excluding steroid dienone is 1. The van der Waals surface area contributed by atoms with Gasteiger partial charge in [-0.2, -0.15) is 0 Å². The summed E-state index contributed by atoms with van der Waals surface area (Å²) in [6, 6.07) is 12.4. The minimum atomic E-state index is -0.562. The average Bonchev–Trinajstić information content (AvgIpc) is 2.61. The van der Waals surface area contributed by atoms with E-state index in [-0.39, 0.29) is 6.10 Å². The molecule has 3 rings (SSSR count). The van der Waals surface area contributed by atoms with Gasteiger partial charge in [0.15, 0.2) is 5.84 Å². The molecule has 134 valence electrons. The Hall–Kier alpha value is -2.66. The lowest BCUT2D eigenvalue weighted by molar-refractivity contribution is -0.143. The van der Waals surface area contributed by atoms with Crippen LogP contribution in [0.4, 0.5) is 0 Å². The van der Waals surface area contributed by atoms with E-state index in [1.54, 1.807) is 12.3 Å². The summed E-state index contributed by atoms with van der Waals surface area (Å²) in [4.78, 5) is 21.8. The number of nitrogens with one attached hydrogen (secondary N) is 1. The molecule has 6 heteroatoms. The first-order valence-corrected chi connectivity index (χ1v) is 8.77. The zero-order valence-corrected chi connectivity index (χ0v) is 15.6. The molecular weight excluding hydrogens is 350 g/mol. The molecular formula is C20H20ClN3O2. The maximum atomic E-state index is 12.7. The van der Waals surface area contributed by atoms with E-state index in [1.165, 1.54) is 0 Å². The van der Waals surface area contributed by atoms with Crippen LogP contribution in [0.2, 0.25) is 5.02 Å². The maximum Gasteiger partial charge on any atom is 0.338 e. The number of hydrogen-bond acceptors (Lipinski definition) is 5. The first-order valence-electron chi connectivity index (χ1n) is 8.39. The third-order valence-electron chi connectivity index (χ3n) is 3.91. The summed E-state index contributed by atoms with van der Waals surface area (Å²) >= 11 is 6.39. The number of amidine groups is 1. The lowest BCUT2D eigenvalue weighted by Gasteiger charge is -2.27. The number of rotatable bonds is 4. The molecule has 0 saturated heterocycles. The zero-order valence-electron chi connectivity index (χ0n) is 14.9. The van der Waals surface area contributed by atoms with Crippen LogP contribution in [-0.2, 0) is 9.53 Å². The van der Waals surface area contributed by atoms with Gasteiger partial charge in [-0.3, -0.25) is 9.98 Å². The number of ether oxygens (including phenoxy) is 1. The van der Waals surface area contributed by atoms with Crippen LogP contribution in [-0.4, -0.2) is 22.9 Å². The molecule has 1 N–H and O–H groups in total. The Bertz CT molecular complexity index is 876. The Kier molecular flexibility index (Phi) is 5.38. The minimum absolute atomic E-state index is 0.226. The van der Waals surface area contributed by atoms with E-state index in [0.29, 0.717) is 27.8 Å². The Balaban J connectivity index is 2.09. The van der Waals surface area contributed by atoms with Crippen LogP contribution < -0.4 is 5.32 Å². The standard InChI is InChI=1S/C20H20ClN3O2/c1-12(2)26-20(25)17-13(3)23-19(16-10-6-7-11-22-16)24-18(17)14-8-4-5-9-15(14)21/h4-12,18H,1-3H3,(H,23,24). The first-order chi connectivity index (χ1) is 12.5. The van der Waals surface area contributed by atoms with Crippen molar-refractivity contribution in [2.45, 2.75) is 32.9 Å². The van der Waals surface area contributed by atoms with Crippen molar-refractivity contribution < 1.29 is 9.53 Å². The summed E-state index contributed by atoms with van der Waals surface area (Å²) < 4.78 is 5.43. The summed E-state index contributed by atoms with van der Waals surface area (Å²) in [6.45, 7) is 5.46. The second-order valence-electron chi connectivity index (χ2n) is 6.23. The van der Waals surface area contributed by atoms with E-state index < -0.39 is 12.0 Å². The smallest absolute Gasteiger partial charge is 0.338 e. The van der Waals surface area contributed by atoms with Gasteiger partial charge >= 0.3 is 5.97 Å². The molecule has 26 heavy (non-hydrogen) atoms. The van der Waals surface area contributed by atoms with Gasteiger partial charge in [-0.1, -0.05) is 35.9 Å². The molecule has 0 spiro atoms. The van der Waals surface area contributed by atoms with Gasteiger partial charge in [0.05, 0.1) is 11.7 Å². The van der Waals surface area contributed by atoms with Gasteiger partial charge in [0.25, 0.3) is 0 Å². The third-order valence-corrected chi connectivity index (χ3v) is 4.26. The fraction of sp³-hybridized carbons (Fsp3) is 0.250. The molecule has 0 radical (unpaired) electrons. The van der Waals surface area contributed by atoms with Crippen molar-refractivity contribution >= 4 is 23.4 Å². The Morgan fingerprint density at radius 3 is 2.58 bits per heavy atom. The number of nitrogens with zero attached hydrogens (tertiary/aromatic N) is 2. The van der Waals surface area contributed by atoms with Crippen LogP contribution in [0.3, 0.4) is 0 Å². The van der Waals surface area contributed by atoms with Crippen molar-refractivity contribution in [1.29, 1.82) is 0 Å². The van der Waals surface area contributed by atoms with E-state index in [4.69, 9.17) is 21.3 Å². The summed E-state index contributed by atoms with van der Waals surface area (Å²) in [7, 11) is 0. The highest BCUT2D eigenvalue weighted by atomic mass is 35.5. The number of aliphatic imine (C=N–C) groups is 1. The molecule has 0 bridgehead atoms. The van der Waals surface area contributed by atoms with Gasteiger partial charge in [-0.25, -0.2) is 4.79 Å². The lowest BCUT2D eigenvalue weighted by Crippen LogP contribution is -2.33. The first kappa shape index (κ1) is 18.1. The van der Waals surface area contributed by atoms with Crippen LogP contribution in [0.5, 0.6) is 0 Å². The molecule has 1 aromatic carbocycles. The fourth-order valence-electron chi connectivity index (χ4n) is 2.77. The Morgan fingerprint density at radius 1 is 1.19 bits per heavy atom. The van der Waals surface area contributed by atoms with E-state index >= 15 is 0 Å². The van der Waals surface area contributed by atoms with Crippen molar-refractivity contribution in [3.63, 3.8) is 0 Å². The highest BCUT2D eigenvalue weighted by Crippen LogP contribution is 2.35. The maximum absolute atomic E-state index is 12.7. The number of aromatic nitrogens is 1. The van der Waals surface area contributed by atoms with Crippen molar-refractivity contribution in [1.82, 2.24) is 10.3 Å². The number of esters is 1. The molecule has 1 unspecified atom stereocenters. The average molecular weight is 370 g/mol. The molecule has 2 heterocycles. The number of benzene rings is 1. The van der Waals surface area contributed by atoms with Gasteiger partial charge in [0.2, 0.25) is 0 Å². The summed E-state index contributed by atoms with van der Waals surface area (Å²) in [5, 5.41) is 3.73. The molecule has 2 aromatic rings. The topological polar surface area (TPSA) is 63.6 Å². The van der Waals surface area contributed by atoms with Crippen LogP contribution in [0.15, 0.2) is 64.9 Å². The molecule has 0 aliphatic carbocycles. The van der Waals surface area contributed by atoms with Crippen LogP contribution in [0, 0.1) is 0 Å². The second kappa shape index (κ2) is 7.70. The third kappa shape index (κ3) is 3.78. The number of pyridine rings is 1. The molecule has 0 saturated carbocycles. The van der Waals surface area contributed by atoms with Gasteiger partial charge < -0.3 is 10.1 Å². The van der Waals surface area contributed by atoms with E-state index in [9.17, 15) is 4.79 Å². The zero-order chi connectivity index (χ0) is 18.7. The molecule has 5 nitrogen and oxygen atoms in total. The number of carbonyl (C=O) groups excluding carboxylic acids is 1. The van der Waals surface area contributed by atoms with Crippen molar-refractivity contribution in [2.75, 3.05) is 0 Å². The Morgan fingerprint density at radius 2 is 1.92 bits per heavy atom. The van der Waals surface area contributed by atoms with Gasteiger partial charge in [0, 0.05) is 22.5 Å². The fourth-order valence-corrected chi connectivity index (χ4v) is 3.01. The number of carbonyl (C=O) groups is 1. The molecule has 1 aromatic heterocycles. The highest BCUT2D eigenvalue weighted by molar-refractivity contribution is 6.31. The molecule has 0 fully saturated rings. The van der Waals surface area contributed by atoms with Gasteiger partial charge in [-0.15, -0.1) is 0 Å². The van der Waals surface area contributed by atoms with Crippen LogP contribution in [0.25, 0.3) is 0 Å². The predicted octanol–water partition coefficient (Wildman–Crippen LogP) is 4.05. The number of hydrogen-bond donors (Lipinski definition) is 1. The summed E-state index contributed by atoms with van der Waals surface area (Å²) in [5.41, 5.74) is 2.57. The summed E-state index contributed by atoms with van der Waals surface area (Å²) in [6.07, 6.45) is 1.47. The lowest BCUT2D eigenvalue weighted by atomic mass is 9.95. The monoisotopic (exact) mass is 369 g/mol. The van der Waals surface area contributed by atoms with Gasteiger partial charge in [0.1, 0.15) is 11.7 Å². The normalized spacial score (nSPS) is 17.0. The number of halogens is 1. The van der Waals surface area contributed by atoms with Crippen molar-refractivity contribution in [3.05, 3.63) is 76.2 Å². The Labute approximate surface area is 157 Å². The van der Waals surface area contributed by atoms with E-state index in [2.05, 4.69) is 10.3 Å². The molecule has 1 aliphatic rings. The van der Waals surface area contributed by atoms with Crippen molar-refractivity contribution in [3.8, 4) is 0 Å². The SMILES string of the molecule is CC1=C(C(=O)OC(C)C)C(c2ccccc2Cl)N=C(c2ccccn2)N1. The van der Waals surface area contributed by atoms with Crippen LogP contribution in [0.1, 0.15) is 38.1 Å². The summed E-state index contributed by atoms with van der Waals surface area (Å²) in [5.74, 6) is 0.188. The molecule has 1 aliphatic heterocycles. The minimum Gasteiger partial charge on any atom is -0.459 e. The second-order valence-corrected chi connectivity index (χ2v) is 6.64. The van der Waals surface area contributed by atoms with Gasteiger partial charge in [-0.05, 0) is 39.0 Å². The van der Waals surface area contributed by atoms with Crippen LogP contribution >= 0.6 is 11.6 Å². The highest BCUT2D eigenvalue weighted by Gasteiger charge is 2.32. The largest absolute Gasteiger partial charge is 0.459 e. The quantitative estimate of drug-likeness (QED) is 0.826. The molecule has 0 amide bonds. The van der Waals surface area contributed by atoms with E-state index in [1.807, 2.05) is 57.2 Å². The van der Waals surface area contributed by atoms with Crippen molar-refractivity contribution in [2.24, 2.45) is 4.99 Å². The van der Waals surface area contributed by atoms with E-state index in [0.717, 1.165) is 5.56 Å². The molecule has 1 atom stereocenters. The predicted molar refractivity (Wildman–Crippen MR) is 102 cm³/mol.